The molecule has 0 saturated heterocycles. The van der Waals surface area contributed by atoms with Crippen molar-refractivity contribution in [1.29, 1.82) is 0 Å². The Hall–Kier alpha value is -2.23. The van der Waals surface area contributed by atoms with Crippen LogP contribution >= 0.6 is 0 Å². The zero-order chi connectivity index (χ0) is 14.1. The fourth-order valence-electron chi connectivity index (χ4n) is 2.37. The zero-order valence-corrected chi connectivity index (χ0v) is 10.6. The third-order valence-electron chi connectivity index (χ3n) is 3.54. The Morgan fingerprint density at radius 2 is 1.85 bits per heavy atom. The highest BCUT2D eigenvalue weighted by atomic mass is 19.1. The number of hydrogen-bond donors (Lipinski definition) is 1. The lowest BCUT2D eigenvalue weighted by atomic mass is 10.1. The average Bonchev–Trinajstić information content (AvgIpc) is 3.23. The lowest BCUT2D eigenvalue weighted by Gasteiger charge is -2.06. The van der Waals surface area contributed by atoms with Crippen molar-refractivity contribution in [1.82, 2.24) is 0 Å². The number of nitrogens with one attached hydrogen (secondary N) is 1. The first kappa shape index (κ1) is 12.8. The molecule has 2 atom stereocenters. The van der Waals surface area contributed by atoms with Crippen LogP contribution < -0.4 is 5.32 Å². The van der Waals surface area contributed by atoms with Crippen molar-refractivity contribution in [3.63, 3.8) is 0 Å². The van der Waals surface area contributed by atoms with E-state index in [1.165, 1.54) is 6.07 Å². The van der Waals surface area contributed by atoms with Gasteiger partial charge < -0.3 is 5.32 Å². The maximum atomic E-state index is 13.5. The van der Waals surface area contributed by atoms with Crippen LogP contribution in [0.3, 0.4) is 0 Å². The number of carbonyl (C=O) groups is 1. The van der Waals surface area contributed by atoms with Crippen molar-refractivity contribution in [3.8, 4) is 0 Å². The number of hydrogen-bond acceptors (Lipinski definition) is 1. The molecule has 1 saturated carbocycles. The van der Waals surface area contributed by atoms with Gasteiger partial charge in [0.1, 0.15) is 11.6 Å². The standard InChI is InChI=1S/C16H13F2NO/c17-11-6-7-15(14(18)8-11)19-16(20)13-9-12(13)10-4-2-1-3-5-10/h1-8,12-13H,9H2,(H,19,20)/t12-,13+/m0/s1. The molecule has 1 aliphatic carbocycles. The van der Waals surface area contributed by atoms with Crippen molar-refractivity contribution >= 4 is 11.6 Å². The molecule has 1 aliphatic rings. The minimum atomic E-state index is -0.754. The van der Waals surface area contributed by atoms with Gasteiger partial charge in [0, 0.05) is 12.0 Å². The van der Waals surface area contributed by atoms with Crippen LogP contribution in [0.2, 0.25) is 0 Å². The molecule has 4 heteroatoms. The Labute approximate surface area is 115 Å². The Morgan fingerprint density at radius 3 is 2.55 bits per heavy atom. The van der Waals surface area contributed by atoms with Crippen molar-refractivity contribution in [2.45, 2.75) is 12.3 Å². The fourth-order valence-corrected chi connectivity index (χ4v) is 2.37. The molecule has 3 rings (SSSR count). The Balaban J connectivity index is 1.67. The SMILES string of the molecule is O=C(Nc1ccc(F)cc1F)[C@@H]1C[C@H]1c1ccccc1. The number of anilines is 1. The molecule has 1 amide bonds. The first-order chi connectivity index (χ1) is 9.65. The van der Waals surface area contributed by atoms with E-state index in [1.807, 2.05) is 30.3 Å². The van der Waals surface area contributed by atoms with Gasteiger partial charge in [-0.05, 0) is 30.0 Å². The monoisotopic (exact) mass is 273 g/mol. The van der Waals surface area contributed by atoms with E-state index in [2.05, 4.69) is 5.32 Å². The van der Waals surface area contributed by atoms with Gasteiger partial charge >= 0.3 is 0 Å². The summed E-state index contributed by atoms with van der Waals surface area (Å²) in [5.41, 5.74) is 1.14. The molecule has 2 nitrogen and oxygen atoms in total. The van der Waals surface area contributed by atoms with E-state index in [1.54, 1.807) is 0 Å². The summed E-state index contributed by atoms with van der Waals surface area (Å²) in [7, 11) is 0. The zero-order valence-electron chi connectivity index (χ0n) is 10.6. The molecule has 0 aromatic heterocycles. The van der Waals surface area contributed by atoms with Crippen LogP contribution in [0, 0.1) is 17.6 Å². The van der Waals surface area contributed by atoms with Crippen LogP contribution in [0.4, 0.5) is 14.5 Å². The van der Waals surface area contributed by atoms with Gasteiger partial charge in [0.25, 0.3) is 0 Å². The smallest absolute Gasteiger partial charge is 0.228 e. The van der Waals surface area contributed by atoms with Crippen LogP contribution in [0.1, 0.15) is 17.9 Å². The average molecular weight is 273 g/mol. The predicted molar refractivity (Wildman–Crippen MR) is 72.3 cm³/mol. The largest absolute Gasteiger partial charge is 0.323 e. The maximum absolute atomic E-state index is 13.5. The van der Waals surface area contributed by atoms with E-state index in [9.17, 15) is 13.6 Å². The summed E-state index contributed by atoms with van der Waals surface area (Å²) < 4.78 is 26.2. The van der Waals surface area contributed by atoms with Gasteiger partial charge in [-0.25, -0.2) is 8.78 Å². The molecule has 0 aliphatic heterocycles. The van der Waals surface area contributed by atoms with Crippen molar-refractivity contribution in [2.24, 2.45) is 5.92 Å². The van der Waals surface area contributed by atoms with E-state index in [4.69, 9.17) is 0 Å². The van der Waals surface area contributed by atoms with E-state index >= 15 is 0 Å². The fraction of sp³-hybridized carbons (Fsp3) is 0.188. The van der Waals surface area contributed by atoms with Gasteiger partial charge in [-0.1, -0.05) is 30.3 Å². The molecule has 1 N–H and O–H groups in total. The molecule has 2 aromatic carbocycles. The molecule has 2 aromatic rings. The lowest BCUT2D eigenvalue weighted by molar-refractivity contribution is -0.117. The summed E-state index contributed by atoms with van der Waals surface area (Å²) in [6.45, 7) is 0. The first-order valence-corrected chi connectivity index (χ1v) is 6.46. The molecule has 102 valence electrons. The number of carbonyl (C=O) groups excluding carboxylic acids is 1. The first-order valence-electron chi connectivity index (χ1n) is 6.46. The van der Waals surface area contributed by atoms with Crippen LogP contribution in [0.5, 0.6) is 0 Å². The second-order valence-electron chi connectivity index (χ2n) is 4.97. The summed E-state index contributed by atoms with van der Waals surface area (Å²) in [6, 6.07) is 12.9. The summed E-state index contributed by atoms with van der Waals surface area (Å²) in [5, 5.41) is 2.52. The summed E-state index contributed by atoms with van der Waals surface area (Å²) in [6.07, 6.45) is 0.763. The Bertz CT molecular complexity index is 642. The molecule has 0 radical (unpaired) electrons. The van der Waals surface area contributed by atoms with Gasteiger partial charge in [-0.15, -0.1) is 0 Å². The Kier molecular flexibility index (Phi) is 3.22. The second-order valence-corrected chi connectivity index (χ2v) is 4.97. The summed E-state index contributed by atoms with van der Waals surface area (Å²) >= 11 is 0. The number of benzene rings is 2. The van der Waals surface area contributed by atoms with E-state index in [0.29, 0.717) is 0 Å². The van der Waals surface area contributed by atoms with Crippen molar-refractivity contribution < 1.29 is 13.6 Å². The summed E-state index contributed by atoms with van der Waals surface area (Å²) in [5.74, 6) is -1.57. The highest BCUT2D eigenvalue weighted by molar-refractivity contribution is 5.95. The van der Waals surface area contributed by atoms with Gasteiger partial charge in [0.15, 0.2) is 0 Å². The van der Waals surface area contributed by atoms with Crippen LogP contribution in [0.15, 0.2) is 48.5 Å². The molecule has 0 bridgehead atoms. The number of amides is 1. The Morgan fingerprint density at radius 1 is 1.10 bits per heavy atom. The topological polar surface area (TPSA) is 29.1 Å². The maximum Gasteiger partial charge on any atom is 0.228 e. The van der Waals surface area contributed by atoms with Crippen molar-refractivity contribution in [3.05, 3.63) is 65.7 Å². The van der Waals surface area contributed by atoms with Gasteiger partial charge in [-0.3, -0.25) is 4.79 Å². The van der Waals surface area contributed by atoms with Gasteiger partial charge in [-0.2, -0.15) is 0 Å². The normalized spacial score (nSPS) is 20.5. The highest BCUT2D eigenvalue weighted by Gasteiger charge is 2.43. The second kappa shape index (κ2) is 5.04. The third-order valence-corrected chi connectivity index (χ3v) is 3.54. The minimum absolute atomic E-state index is 0.0233. The van der Waals surface area contributed by atoms with Gasteiger partial charge in [0.05, 0.1) is 5.69 Å². The highest BCUT2D eigenvalue weighted by Crippen LogP contribution is 2.47. The van der Waals surface area contributed by atoms with E-state index in [-0.39, 0.29) is 23.4 Å². The summed E-state index contributed by atoms with van der Waals surface area (Å²) in [4.78, 5) is 12.0. The van der Waals surface area contributed by atoms with Gasteiger partial charge in [0.2, 0.25) is 5.91 Å². The predicted octanol–water partition coefficient (Wildman–Crippen LogP) is 3.71. The molecule has 0 heterocycles. The van der Waals surface area contributed by atoms with Crippen LogP contribution in [-0.4, -0.2) is 5.91 Å². The quantitative estimate of drug-likeness (QED) is 0.907. The molecule has 0 unspecified atom stereocenters. The molecule has 1 fully saturated rings. The van der Waals surface area contributed by atoms with E-state index < -0.39 is 11.6 Å². The van der Waals surface area contributed by atoms with Crippen LogP contribution in [0.25, 0.3) is 0 Å². The molecular weight excluding hydrogens is 260 g/mol. The molecule has 0 spiro atoms. The number of rotatable bonds is 3. The van der Waals surface area contributed by atoms with E-state index in [0.717, 1.165) is 24.1 Å². The molecular formula is C16H13F2NO. The van der Waals surface area contributed by atoms with Crippen LogP contribution in [-0.2, 0) is 4.79 Å². The van der Waals surface area contributed by atoms with Crippen molar-refractivity contribution in [2.75, 3.05) is 5.32 Å². The molecule has 20 heavy (non-hydrogen) atoms. The number of halogens is 2. The lowest BCUT2D eigenvalue weighted by Crippen LogP contribution is -2.15. The minimum Gasteiger partial charge on any atom is -0.323 e. The third kappa shape index (κ3) is 2.54.